The van der Waals surface area contributed by atoms with E-state index < -0.39 is 29.8 Å². The van der Waals surface area contributed by atoms with Gasteiger partial charge in [-0.1, -0.05) is 11.6 Å². The molecule has 0 aliphatic heterocycles. The first-order chi connectivity index (χ1) is 9.47. The summed E-state index contributed by atoms with van der Waals surface area (Å²) in [5, 5.41) is 0.0167. The van der Waals surface area contributed by atoms with Gasteiger partial charge in [-0.05, 0) is 36.4 Å². The maximum atomic E-state index is 13.0. The van der Waals surface area contributed by atoms with Gasteiger partial charge in [0, 0.05) is 5.56 Å². The monoisotopic (exact) mass is 300 g/mol. The molecule has 6 heteroatoms. The number of ether oxygens (including phenoxy) is 1. The van der Waals surface area contributed by atoms with Crippen LogP contribution in [-0.4, -0.2) is 12.4 Å². The maximum Gasteiger partial charge on any atom is 0.200 e. The first kappa shape index (κ1) is 14.4. The molecule has 0 unspecified atom stereocenters. The Hall–Kier alpha value is -2.01. The van der Waals surface area contributed by atoms with Gasteiger partial charge in [0.25, 0.3) is 0 Å². The highest BCUT2D eigenvalue weighted by atomic mass is 35.5. The van der Waals surface area contributed by atoms with Crippen LogP contribution in [0.25, 0.3) is 0 Å². The Bertz CT molecular complexity index is 659. The Labute approximate surface area is 117 Å². The molecular formula is C14H8ClF3O2. The Morgan fingerprint density at radius 1 is 1.05 bits per heavy atom. The van der Waals surface area contributed by atoms with Gasteiger partial charge in [-0.25, -0.2) is 13.2 Å². The Kier molecular flexibility index (Phi) is 4.29. The topological polar surface area (TPSA) is 26.3 Å². The minimum Gasteiger partial charge on any atom is -0.484 e. The second kappa shape index (κ2) is 5.96. The van der Waals surface area contributed by atoms with Crippen molar-refractivity contribution in [3.05, 3.63) is 64.4 Å². The fraction of sp³-hybridized carbons (Fsp3) is 0.0714. The van der Waals surface area contributed by atoms with Crippen LogP contribution in [0.5, 0.6) is 5.75 Å². The molecule has 0 amide bonds. The van der Waals surface area contributed by atoms with Crippen LogP contribution in [0.1, 0.15) is 10.4 Å². The van der Waals surface area contributed by atoms with Gasteiger partial charge in [0.05, 0.1) is 5.02 Å². The third-order valence-corrected chi connectivity index (χ3v) is 2.79. The van der Waals surface area contributed by atoms with Crippen molar-refractivity contribution in [1.29, 1.82) is 0 Å². The lowest BCUT2D eigenvalue weighted by molar-refractivity contribution is 0.0921. The lowest BCUT2D eigenvalue weighted by Gasteiger charge is -2.07. The van der Waals surface area contributed by atoms with Crippen molar-refractivity contribution in [3.8, 4) is 5.75 Å². The van der Waals surface area contributed by atoms with Crippen LogP contribution < -0.4 is 4.74 Å². The summed E-state index contributed by atoms with van der Waals surface area (Å²) in [6.07, 6.45) is 0. The van der Waals surface area contributed by atoms with Gasteiger partial charge in [-0.2, -0.15) is 0 Å². The van der Waals surface area contributed by atoms with E-state index in [1.54, 1.807) is 0 Å². The van der Waals surface area contributed by atoms with Gasteiger partial charge in [0.2, 0.25) is 0 Å². The molecule has 0 bridgehead atoms. The van der Waals surface area contributed by atoms with Gasteiger partial charge in [0.1, 0.15) is 11.6 Å². The molecule has 2 rings (SSSR count). The van der Waals surface area contributed by atoms with E-state index in [0.29, 0.717) is 0 Å². The normalized spacial score (nSPS) is 10.4. The molecule has 0 fully saturated rings. The van der Waals surface area contributed by atoms with Crippen molar-refractivity contribution in [2.75, 3.05) is 6.61 Å². The smallest absolute Gasteiger partial charge is 0.200 e. The maximum absolute atomic E-state index is 13.0. The van der Waals surface area contributed by atoms with Crippen LogP contribution in [-0.2, 0) is 0 Å². The molecule has 2 aromatic carbocycles. The summed E-state index contributed by atoms with van der Waals surface area (Å²) in [6.45, 7) is -0.420. The number of hydrogen-bond acceptors (Lipinski definition) is 2. The molecule has 2 aromatic rings. The second-order valence-electron chi connectivity index (χ2n) is 3.92. The molecule has 0 aromatic heterocycles. The highest BCUT2D eigenvalue weighted by Crippen LogP contribution is 2.25. The van der Waals surface area contributed by atoms with Gasteiger partial charge < -0.3 is 4.74 Å². The number of carbonyl (C=O) groups excluding carboxylic acids is 1. The zero-order valence-corrected chi connectivity index (χ0v) is 10.8. The van der Waals surface area contributed by atoms with E-state index in [0.717, 1.165) is 30.3 Å². The SMILES string of the molecule is O=C(COc1ccc(F)cc1Cl)c1ccc(F)c(F)c1. The number of ketones is 1. The number of rotatable bonds is 4. The second-order valence-corrected chi connectivity index (χ2v) is 4.32. The van der Waals surface area contributed by atoms with Crippen molar-refractivity contribution in [2.45, 2.75) is 0 Å². The average molecular weight is 301 g/mol. The zero-order chi connectivity index (χ0) is 14.7. The number of hydrogen-bond donors (Lipinski definition) is 0. The van der Waals surface area contributed by atoms with Crippen LogP contribution >= 0.6 is 11.6 Å². The number of benzene rings is 2. The van der Waals surface area contributed by atoms with Gasteiger partial charge >= 0.3 is 0 Å². The molecule has 2 nitrogen and oxygen atoms in total. The van der Waals surface area contributed by atoms with Crippen LogP contribution in [0.2, 0.25) is 5.02 Å². The Morgan fingerprint density at radius 3 is 2.45 bits per heavy atom. The fourth-order valence-electron chi connectivity index (χ4n) is 1.49. The molecule has 0 atom stereocenters. The van der Waals surface area contributed by atoms with E-state index in [1.807, 2.05) is 0 Å². The standard InChI is InChI=1S/C14H8ClF3O2/c15-10-6-9(16)2-4-14(10)20-7-13(19)8-1-3-11(17)12(18)5-8/h1-6H,7H2. The van der Waals surface area contributed by atoms with Gasteiger partial charge in [0.15, 0.2) is 24.0 Å². The predicted molar refractivity (Wildman–Crippen MR) is 67.6 cm³/mol. The third kappa shape index (κ3) is 3.30. The highest BCUT2D eigenvalue weighted by molar-refractivity contribution is 6.32. The van der Waals surface area contributed by atoms with Crippen molar-refractivity contribution in [2.24, 2.45) is 0 Å². The van der Waals surface area contributed by atoms with Crippen LogP contribution in [0.3, 0.4) is 0 Å². The molecule has 0 heterocycles. The number of halogens is 4. The predicted octanol–water partition coefficient (Wildman–Crippen LogP) is 4.02. The lowest BCUT2D eigenvalue weighted by Crippen LogP contribution is -2.12. The number of carbonyl (C=O) groups is 1. The third-order valence-electron chi connectivity index (χ3n) is 2.49. The summed E-state index contributed by atoms with van der Waals surface area (Å²) in [4.78, 5) is 11.7. The molecule has 0 saturated heterocycles. The quantitative estimate of drug-likeness (QED) is 0.797. The molecule has 0 radical (unpaired) electrons. The summed E-state index contributed by atoms with van der Waals surface area (Å²) >= 11 is 5.72. The minimum absolute atomic E-state index is 0.0167. The van der Waals surface area contributed by atoms with Crippen LogP contribution in [0.15, 0.2) is 36.4 Å². The summed E-state index contributed by atoms with van der Waals surface area (Å²) < 4.78 is 43.6. The van der Waals surface area contributed by atoms with Crippen molar-refractivity contribution < 1.29 is 22.7 Å². The first-order valence-corrected chi connectivity index (χ1v) is 5.91. The van der Waals surface area contributed by atoms with Crippen molar-refractivity contribution in [1.82, 2.24) is 0 Å². The van der Waals surface area contributed by atoms with Crippen molar-refractivity contribution >= 4 is 17.4 Å². The highest BCUT2D eigenvalue weighted by Gasteiger charge is 2.11. The average Bonchev–Trinajstić information content (AvgIpc) is 2.40. The molecular weight excluding hydrogens is 293 g/mol. The van der Waals surface area contributed by atoms with E-state index >= 15 is 0 Å². The molecule has 0 aliphatic carbocycles. The van der Waals surface area contributed by atoms with Gasteiger partial charge in [-0.3, -0.25) is 4.79 Å². The molecule has 0 N–H and O–H groups in total. The van der Waals surface area contributed by atoms with Crippen molar-refractivity contribution in [3.63, 3.8) is 0 Å². The fourth-order valence-corrected chi connectivity index (χ4v) is 1.71. The largest absolute Gasteiger partial charge is 0.484 e. The lowest BCUT2D eigenvalue weighted by atomic mass is 10.1. The molecule has 0 saturated carbocycles. The zero-order valence-electron chi connectivity index (χ0n) is 10.00. The molecule has 0 spiro atoms. The summed E-state index contributed by atoms with van der Waals surface area (Å²) in [5.41, 5.74) is -0.0258. The summed E-state index contributed by atoms with van der Waals surface area (Å²) in [7, 11) is 0. The van der Waals surface area contributed by atoms with E-state index in [-0.39, 0.29) is 16.3 Å². The summed E-state index contributed by atoms with van der Waals surface area (Å²) in [6, 6.07) is 6.23. The summed E-state index contributed by atoms with van der Waals surface area (Å²) in [5.74, 6) is -3.11. The molecule has 0 aliphatic rings. The van der Waals surface area contributed by atoms with Gasteiger partial charge in [-0.15, -0.1) is 0 Å². The Balaban J connectivity index is 2.06. The minimum atomic E-state index is -1.12. The van der Waals surface area contributed by atoms with E-state index in [4.69, 9.17) is 16.3 Å². The van der Waals surface area contributed by atoms with Crippen LogP contribution in [0.4, 0.5) is 13.2 Å². The number of Topliss-reactive ketones (excluding diaryl/α,β-unsaturated/α-hetero) is 1. The molecule has 20 heavy (non-hydrogen) atoms. The van der Waals surface area contributed by atoms with E-state index in [2.05, 4.69) is 0 Å². The first-order valence-electron chi connectivity index (χ1n) is 5.53. The van der Waals surface area contributed by atoms with E-state index in [9.17, 15) is 18.0 Å². The van der Waals surface area contributed by atoms with E-state index in [1.165, 1.54) is 6.07 Å². The molecule has 104 valence electrons. The Morgan fingerprint density at radius 2 is 1.80 bits per heavy atom. The van der Waals surface area contributed by atoms with Crippen LogP contribution in [0, 0.1) is 17.5 Å².